The van der Waals surface area contributed by atoms with E-state index in [4.69, 9.17) is 10.5 Å². The van der Waals surface area contributed by atoms with Crippen LogP contribution in [-0.4, -0.2) is 43.3 Å². The van der Waals surface area contributed by atoms with Crippen molar-refractivity contribution in [2.24, 2.45) is 11.7 Å². The predicted molar refractivity (Wildman–Crippen MR) is 56.0 cm³/mol. The van der Waals surface area contributed by atoms with Gasteiger partial charge in [-0.1, -0.05) is 0 Å². The van der Waals surface area contributed by atoms with Gasteiger partial charge in [0, 0.05) is 23.8 Å². The van der Waals surface area contributed by atoms with Crippen LogP contribution in [-0.2, 0) is 4.74 Å². The molecule has 2 rings (SSSR count). The van der Waals surface area contributed by atoms with Crippen LogP contribution in [0.2, 0.25) is 0 Å². The molecular weight excluding hydrogens is 184 g/mol. The van der Waals surface area contributed by atoms with E-state index in [-0.39, 0.29) is 0 Å². The lowest BCUT2D eigenvalue weighted by molar-refractivity contribution is -0.124. The maximum Gasteiger partial charge on any atom is 0.0790 e. The van der Waals surface area contributed by atoms with Crippen molar-refractivity contribution in [1.82, 2.24) is 5.32 Å². The Bertz CT molecular complexity index is 177. The standard InChI is InChI=1S/C9H18N2OS/c1-13-7-2-8(11-4-7)9-6(3-10)5-12-9/h6-9,11H,2-5,10H2,1H3. The Labute approximate surface area is 83.8 Å². The maximum absolute atomic E-state index is 5.65. The number of ether oxygens (including phenoxy) is 1. The number of nitrogens with two attached hydrogens (primary N) is 1. The van der Waals surface area contributed by atoms with E-state index in [9.17, 15) is 0 Å². The van der Waals surface area contributed by atoms with Crippen molar-refractivity contribution in [3.63, 3.8) is 0 Å². The molecule has 0 radical (unpaired) electrons. The third kappa shape index (κ3) is 1.86. The van der Waals surface area contributed by atoms with Crippen molar-refractivity contribution in [2.75, 3.05) is 26.0 Å². The Kier molecular flexibility index (Phi) is 3.14. The minimum absolute atomic E-state index is 0.391. The van der Waals surface area contributed by atoms with Crippen LogP contribution in [0.4, 0.5) is 0 Å². The minimum Gasteiger partial charge on any atom is -0.376 e. The summed E-state index contributed by atoms with van der Waals surface area (Å²) in [7, 11) is 0. The van der Waals surface area contributed by atoms with Crippen molar-refractivity contribution in [3.8, 4) is 0 Å². The maximum atomic E-state index is 5.65. The second-order valence-corrected chi connectivity index (χ2v) is 5.04. The van der Waals surface area contributed by atoms with Gasteiger partial charge in [-0.25, -0.2) is 0 Å². The number of hydrogen-bond donors (Lipinski definition) is 2. The van der Waals surface area contributed by atoms with Crippen LogP contribution >= 0.6 is 11.8 Å². The van der Waals surface area contributed by atoms with Crippen LogP contribution in [0.25, 0.3) is 0 Å². The lowest BCUT2D eigenvalue weighted by Gasteiger charge is -2.40. The lowest BCUT2D eigenvalue weighted by Crippen LogP contribution is -2.53. The molecule has 0 amide bonds. The molecule has 3 nitrogen and oxygen atoms in total. The van der Waals surface area contributed by atoms with Gasteiger partial charge in [-0.15, -0.1) is 0 Å². The van der Waals surface area contributed by atoms with Gasteiger partial charge in [0.05, 0.1) is 12.7 Å². The first-order chi connectivity index (χ1) is 6.35. The topological polar surface area (TPSA) is 47.3 Å². The molecule has 0 aromatic rings. The van der Waals surface area contributed by atoms with Gasteiger partial charge >= 0.3 is 0 Å². The summed E-state index contributed by atoms with van der Waals surface area (Å²) in [5, 5.41) is 4.29. The highest BCUT2D eigenvalue weighted by Gasteiger charge is 2.40. The summed E-state index contributed by atoms with van der Waals surface area (Å²) in [4.78, 5) is 0. The molecule has 3 N–H and O–H groups in total. The fraction of sp³-hybridized carbons (Fsp3) is 1.00. The zero-order valence-electron chi connectivity index (χ0n) is 8.03. The second-order valence-electron chi connectivity index (χ2n) is 3.90. The third-order valence-corrected chi connectivity index (χ3v) is 4.15. The van der Waals surface area contributed by atoms with Gasteiger partial charge in [0.15, 0.2) is 0 Å². The fourth-order valence-electron chi connectivity index (χ4n) is 2.15. The molecule has 2 aliphatic heterocycles. The van der Waals surface area contributed by atoms with E-state index < -0.39 is 0 Å². The van der Waals surface area contributed by atoms with Crippen molar-refractivity contribution in [3.05, 3.63) is 0 Å². The molecule has 4 atom stereocenters. The molecule has 0 aromatic heterocycles. The molecule has 76 valence electrons. The third-order valence-electron chi connectivity index (χ3n) is 3.12. The quantitative estimate of drug-likeness (QED) is 0.679. The molecule has 0 spiro atoms. The number of hydrogen-bond acceptors (Lipinski definition) is 4. The molecule has 0 saturated carbocycles. The van der Waals surface area contributed by atoms with Crippen LogP contribution in [0.3, 0.4) is 0 Å². The van der Waals surface area contributed by atoms with Crippen molar-refractivity contribution in [2.45, 2.75) is 23.8 Å². The van der Waals surface area contributed by atoms with Crippen LogP contribution in [0.15, 0.2) is 0 Å². The average Bonchev–Trinajstić information content (AvgIpc) is 2.52. The summed E-state index contributed by atoms with van der Waals surface area (Å²) < 4.78 is 5.56. The minimum atomic E-state index is 0.391. The van der Waals surface area contributed by atoms with Gasteiger partial charge in [0.1, 0.15) is 0 Å². The highest BCUT2D eigenvalue weighted by atomic mass is 32.2. The summed E-state index contributed by atoms with van der Waals surface area (Å²) in [6.07, 6.45) is 3.81. The van der Waals surface area contributed by atoms with E-state index in [2.05, 4.69) is 11.6 Å². The molecular formula is C9H18N2OS. The molecule has 2 heterocycles. The van der Waals surface area contributed by atoms with E-state index in [1.165, 1.54) is 6.42 Å². The molecule has 4 unspecified atom stereocenters. The molecule has 2 fully saturated rings. The van der Waals surface area contributed by atoms with E-state index in [1.54, 1.807) is 0 Å². The van der Waals surface area contributed by atoms with E-state index >= 15 is 0 Å². The molecule has 13 heavy (non-hydrogen) atoms. The molecule has 0 bridgehead atoms. The summed E-state index contributed by atoms with van der Waals surface area (Å²) in [6, 6.07) is 0.555. The highest BCUT2D eigenvalue weighted by molar-refractivity contribution is 7.99. The first-order valence-electron chi connectivity index (χ1n) is 4.93. The lowest BCUT2D eigenvalue weighted by atomic mass is 9.91. The number of nitrogens with one attached hydrogen (secondary N) is 1. The Balaban J connectivity index is 1.82. The smallest absolute Gasteiger partial charge is 0.0790 e. The summed E-state index contributed by atoms with van der Waals surface area (Å²) in [6.45, 7) is 2.76. The Morgan fingerprint density at radius 1 is 1.62 bits per heavy atom. The number of rotatable bonds is 3. The summed E-state index contributed by atoms with van der Waals surface area (Å²) in [5.74, 6) is 0.595. The SMILES string of the molecule is CSC1CNC(C2OCC2CN)C1. The van der Waals surface area contributed by atoms with Gasteiger partial charge in [-0.05, 0) is 19.2 Å². The first-order valence-corrected chi connectivity index (χ1v) is 6.21. The van der Waals surface area contributed by atoms with E-state index in [1.807, 2.05) is 11.8 Å². The van der Waals surface area contributed by atoms with E-state index in [0.717, 1.165) is 24.9 Å². The first kappa shape index (κ1) is 9.77. The normalized spacial score (nSPS) is 44.8. The fourth-order valence-corrected chi connectivity index (χ4v) is 2.82. The highest BCUT2D eigenvalue weighted by Crippen LogP contribution is 2.29. The summed E-state index contributed by atoms with van der Waals surface area (Å²) >= 11 is 1.95. The molecule has 2 aliphatic rings. The Hall–Kier alpha value is 0.230. The van der Waals surface area contributed by atoms with Gasteiger partial charge in [0.2, 0.25) is 0 Å². The second kappa shape index (κ2) is 4.17. The molecule has 2 saturated heterocycles. The zero-order valence-corrected chi connectivity index (χ0v) is 8.85. The van der Waals surface area contributed by atoms with Gasteiger partial charge < -0.3 is 15.8 Å². The van der Waals surface area contributed by atoms with Crippen molar-refractivity contribution < 1.29 is 4.74 Å². The van der Waals surface area contributed by atoms with Gasteiger partial charge in [-0.2, -0.15) is 11.8 Å². The Morgan fingerprint density at radius 2 is 2.46 bits per heavy atom. The van der Waals surface area contributed by atoms with Crippen LogP contribution < -0.4 is 11.1 Å². The van der Waals surface area contributed by atoms with Crippen molar-refractivity contribution in [1.29, 1.82) is 0 Å². The Morgan fingerprint density at radius 3 is 2.92 bits per heavy atom. The van der Waals surface area contributed by atoms with Crippen LogP contribution in [0.5, 0.6) is 0 Å². The van der Waals surface area contributed by atoms with Gasteiger partial charge in [-0.3, -0.25) is 0 Å². The number of thioether (sulfide) groups is 1. The molecule has 0 aromatic carbocycles. The average molecular weight is 202 g/mol. The molecule has 4 heteroatoms. The van der Waals surface area contributed by atoms with Gasteiger partial charge in [0.25, 0.3) is 0 Å². The zero-order chi connectivity index (χ0) is 9.26. The van der Waals surface area contributed by atoms with Crippen LogP contribution in [0.1, 0.15) is 6.42 Å². The largest absolute Gasteiger partial charge is 0.376 e. The van der Waals surface area contributed by atoms with E-state index in [0.29, 0.717) is 18.1 Å². The van der Waals surface area contributed by atoms with Crippen molar-refractivity contribution >= 4 is 11.8 Å². The van der Waals surface area contributed by atoms with Crippen LogP contribution in [0, 0.1) is 5.92 Å². The molecule has 0 aliphatic carbocycles. The predicted octanol–water partition coefficient (Wildman–Crippen LogP) is 0.0536. The monoisotopic (exact) mass is 202 g/mol. The summed E-state index contributed by atoms with van der Waals surface area (Å²) in [5.41, 5.74) is 5.65.